The smallest absolute Gasteiger partial charge is 0.163 e. The van der Waals surface area contributed by atoms with Crippen LogP contribution in [0.15, 0.2) is 36.4 Å². The van der Waals surface area contributed by atoms with Gasteiger partial charge in [-0.05, 0) is 55.3 Å². The highest BCUT2D eigenvalue weighted by Gasteiger charge is 2.10. The van der Waals surface area contributed by atoms with E-state index >= 15 is 0 Å². The van der Waals surface area contributed by atoms with Crippen LogP contribution in [-0.2, 0) is 6.61 Å². The molecule has 4 heteroatoms. The van der Waals surface area contributed by atoms with E-state index in [0.717, 1.165) is 11.1 Å². The summed E-state index contributed by atoms with van der Waals surface area (Å²) >= 11 is 0. The van der Waals surface area contributed by atoms with E-state index in [9.17, 15) is 4.79 Å². The number of nitrogens with two attached hydrogens (primary N) is 1. The lowest BCUT2D eigenvalue weighted by molar-refractivity contribution is 0.101. The summed E-state index contributed by atoms with van der Waals surface area (Å²) in [6.45, 7) is 3.74. The number of nitrogen functional groups attached to an aromatic ring is 1. The van der Waals surface area contributed by atoms with Crippen LogP contribution in [0, 0.1) is 18.3 Å². The van der Waals surface area contributed by atoms with Crippen LogP contribution in [0.1, 0.15) is 34.0 Å². The van der Waals surface area contributed by atoms with Gasteiger partial charge >= 0.3 is 0 Å². The van der Waals surface area contributed by atoms with Gasteiger partial charge in [0.1, 0.15) is 12.4 Å². The monoisotopic (exact) mass is 280 g/mol. The first kappa shape index (κ1) is 14.6. The molecule has 0 unspecified atom stereocenters. The predicted octanol–water partition coefficient (Wildman–Crippen LogP) is 3.23. The maximum atomic E-state index is 11.6. The summed E-state index contributed by atoms with van der Waals surface area (Å²) < 4.78 is 5.73. The van der Waals surface area contributed by atoms with E-state index in [1.165, 1.54) is 6.92 Å². The number of hydrogen-bond donors (Lipinski definition) is 1. The van der Waals surface area contributed by atoms with Gasteiger partial charge in [-0.25, -0.2) is 0 Å². The summed E-state index contributed by atoms with van der Waals surface area (Å²) in [6.07, 6.45) is 0. The number of ketones is 1. The molecule has 0 amide bonds. The van der Waals surface area contributed by atoms with Crippen molar-refractivity contribution in [2.24, 2.45) is 0 Å². The van der Waals surface area contributed by atoms with Gasteiger partial charge in [-0.3, -0.25) is 4.79 Å². The van der Waals surface area contributed by atoms with Gasteiger partial charge < -0.3 is 10.5 Å². The minimum atomic E-state index is -0.0890. The van der Waals surface area contributed by atoms with E-state index < -0.39 is 0 Å². The standard InChI is InChI=1S/C17H16N2O2/c1-11-7-13(9-18)3-4-14(11)10-21-17-6-5-15(19)8-16(17)12(2)20/h3-8H,10,19H2,1-2H3. The van der Waals surface area contributed by atoms with Crippen molar-refractivity contribution >= 4 is 11.5 Å². The molecule has 0 bridgehead atoms. The first-order chi connectivity index (χ1) is 10.0. The average Bonchev–Trinajstić information content (AvgIpc) is 2.46. The Labute approximate surface area is 123 Å². The normalized spacial score (nSPS) is 9.95. The lowest BCUT2D eigenvalue weighted by Gasteiger charge is -2.12. The maximum absolute atomic E-state index is 11.6. The molecule has 2 rings (SSSR count). The second-order valence-electron chi connectivity index (χ2n) is 4.85. The number of hydrogen-bond acceptors (Lipinski definition) is 4. The van der Waals surface area contributed by atoms with E-state index in [0.29, 0.717) is 29.2 Å². The molecule has 0 saturated heterocycles. The highest BCUT2D eigenvalue weighted by molar-refractivity contribution is 5.97. The number of nitrogens with zero attached hydrogens (tertiary/aromatic N) is 1. The topological polar surface area (TPSA) is 76.1 Å². The van der Waals surface area contributed by atoms with Crippen molar-refractivity contribution in [1.29, 1.82) is 5.26 Å². The number of nitriles is 1. The number of anilines is 1. The molecule has 0 saturated carbocycles. The molecule has 2 aromatic carbocycles. The predicted molar refractivity (Wildman–Crippen MR) is 81.1 cm³/mol. The number of ether oxygens (including phenoxy) is 1. The summed E-state index contributed by atoms with van der Waals surface area (Å²) in [6, 6.07) is 12.5. The molecule has 4 nitrogen and oxygen atoms in total. The van der Waals surface area contributed by atoms with Crippen LogP contribution in [0.25, 0.3) is 0 Å². The lowest BCUT2D eigenvalue weighted by Crippen LogP contribution is -2.04. The second kappa shape index (κ2) is 6.10. The van der Waals surface area contributed by atoms with Gasteiger partial charge in [-0.1, -0.05) is 6.07 Å². The maximum Gasteiger partial charge on any atom is 0.163 e. The van der Waals surface area contributed by atoms with Crippen molar-refractivity contribution in [2.45, 2.75) is 20.5 Å². The van der Waals surface area contributed by atoms with E-state index in [-0.39, 0.29) is 5.78 Å². The Morgan fingerprint density at radius 3 is 2.67 bits per heavy atom. The van der Waals surface area contributed by atoms with E-state index in [4.69, 9.17) is 15.7 Å². The van der Waals surface area contributed by atoms with Gasteiger partial charge in [-0.2, -0.15) is 5.26 Å². The molecule has 0 aliphatic rings. The van der Waals surface area contributed by atoms with Crippen LogP contribution in [0.3, 0.4) is 0 Å². The SMILES string of the molecule is CC(=O)c1cc(N)ccc1OCc1ccc(C#N)cc1C. The van der Waals surface area contributed by atoms with Crippen LogP contribution >= 0.6 is 0 Å². The summed E-state index contributed by atoms with van der Waals surface area (Å²) in [5.41, 5.74) is 9.27. The Morgan fingerprint density at radius 2 is 2.05 bits per heavy atom. The number of rotatable bonds is 4. The molecule has 0 aliphatic heterocycles. The zero-order valence-electron chi connectivity index (χ0n) is 12.0. The fourth-order valence-corrected chi connectivity index (χ4v) is 2.03. The number of aryl methyl sites for hydroxylation is 1. The fourth-order valence-electron chi connectivity index (χ4n) is 2.03. The van der Waals surface area contributed by atoms with Gasteiger partial charge in [0, 0.05) is 5.69 Å². The summed E-state index contributed by atoms with van der Waals surface area (Å²) in [7, 11) is 0. The zero-order chi connectivity index (χ0) is 15.4. The molecule has 106 valence electrons. The van der Waals surface area contributed by atoms with Crippen molar-refractivity contribution in [1.82, 2.24) is 0 Å². The van der Waals surface area contributed by atoms with E-state index in [1.54, 1.807) is 24.3 Å². The minimum absolute atomic E-state index is 0.0890. The third kappa shape index (κ3) is 3.40. The molecule has 21 heavy (non-hydrogen) atoms. The minimum Gasteiger partial charge on any atom is -0.488 e. The van der Waals surface area contributed by atoms with Crippen molar-refractivity contribution in [3.05, 3.63) is 58.7 Å². The number of carbonyl (C=O) groups is 1. The molecule has 0 spiro atoms. The summed E-state index contributed by atoms with van der Waals surface area (Å²) in [4.78, 5) is 11.6. The van der Waals surface area contributed by atoms with Crippen molar-refractivity contribution in [3.8, 4) is 11.8 Å². The Bertz CT molecular complexity index is 730. The van der Waals surface area contributed by atoms with E-state index in [1.807, 2.05) is 19.1 Å². The third-order valence-electron chi connectivity index (χ3n) is 3.24. The van der Waals surface area contributed by atoms with Crippen molar-refractivity contribution < 1.29 is 9.53 Å². The molecular weight excluding hydrogens is 264 g/mol. The molecule has 2 aromatic rings. The van der Waals surface area contributed by atoms with E-state index in [2.05, 4.69) is 6.07 Å². The van der Waals surface area contributed by atoms with Gasteiger partial charge in [-0.15, -0.1) is 0 Å². The highest BCUT2D eigenvalue weighted by atomic mass is 16.5. The lowest BCUT2D eigenvalue weighted by atomic mass is 10.1. The Kier molecular flexibility index (Phi) is 4.24. The van der Waals surface area contributed by atoms with Crippen molar-refractivity contribution in [3.63, 3.8) is 0 Å². The highest BCUT2D eigenvalue weighted by Crippen LogP contribution is 2.23. The molecule has 0 aliphatic carbocycles. The molecule has 0 aromatic heterocycles. The molecular formula is C17H16N2O2. The van der Waals surface area contributed by atoms with Crippen LogP contribution in [0.2, 0.25) is 0 Å². The Hall–Kier alpha value is -2.80. The number of carbonyl (C=O) groups excluding carboxylic acids is 1. The summed E-state index contributed by atoms with van der Waals surface area (Å²) in [5, 5.41) is 8.85. The first-order valence-electron chi connectivity index (χ1n) is 6.54. The van der Waals surface area contributed by atoms with Crippen LogP contribution in [-0.4, -0.2) is 5.78 Å². The molecule has 0 fully saturated rings. The fraction of sp³-hybridized carbons (Fsp3) is 0.176. The molecule has 0 radical (unpaired) electrons. The largest absolute Gasteiger partial charge is 0.488 e. The van der Waals surface area contributed by atoms with Crippen molar-refractivity contribution in [2.75, 3.05) is 5.73 Å². The van der Waals surface area contributed by atoms with Gasteiger partial charge in [0.2, 0.25) is 0 Å². The Balaban J connectivity index is 2.21. The third-order valence-corrected chi connectivity index (χ3v) is 3.24. The van der Waals surface area contributed by atoms with Gasteiger partial charge in [0.05, 0.1) is 17.2 Å². The zero-order valence-corrected chi connectivity index (χ0v) is 12.0. The Morgan fingerprint density at radius 1 is 1.29 bits per heavy atom. The quantitative estimate of drug-likeness (QED) is 0.689. The number of benzene rings is 2. The number of Topliss-reactive ketones (excluding diaryl/α,β-unsaturated/α-hetero) is 1. The van der Waals surface area contributed by atoms with Gasteiger partial charge in [0.15, 0.2) is 5.78 Å². The van der Waals surface area contributed by atoms with Crippen LogP contribution < -0.4 is 10.5 Å². The summed E-state index contributed by atoms with van der Waals surface area (Å²) in [5.74, 6) is 0.425. The first-order valence-corrected chi connectivity index (χ1v) is 6.54. The van der Waals surface area contributed by atoms with Crippen LogP contribution in [0.5, 0.6) is 5.75 Å². The molecule has 0 atom stereocenters. The van der Waals surface area contributed by atoms with Gasteiger partial charge in [0.25, 0.3) is 0 Å². The average molecular weight is 280 g/mol. The molecule has 0 heterocycles. The van der Waals surface area contributed by atoms with Crippen LogP contribution in [0.4, 0.5) is 5.69 Å². The second-order valence-corrected chi connectivity index (χ2v) is 4.85. The molecule has 2 N–H and O–H groups in total.